The van der Waals surface area contributed by atoms with Crippen LogP contribution in [0.15, 0.2) is 70.3 Å². The van der Waals surface area contributed by atoms with Crippen LogP contribution in [0, 0.1) is 0 Å². The number of nitrogens with zero attached hydrogens (tertiary/aromatic N) is 3. The van der Waals surface area contributed by atoms with E-state index in [4.69, 9.17) is 0 Å². The van der Waals surface area contributed by atoms with Gasteiger partial charge in [-0.3, -0.25) is 4.79 Å². The summed E-state index contributed by atoms with van der Waals surface area (Å²) < 4.78 is 4.02. The second-order valence-corrected chi connectivity index (χ2v) is 5.27. The minimum Gasteiger partial charge on any atom is -0.310 e. The lowest BCUT2D eigenvalue weighted by molar-refractivity contribution is 0.754. The van der Waals surface area contributed by atoms with Crippen LogP contribution in [0.2, 0.25) is 0 Å². The fourth-order valence-corrected chi connectivity index (χ4v) is 2.37. The fraction of sp³-hybridized carbons (Fsp3) is 0.0667. The zero-order chi connectivity index (χ0) is 13.9. The van der Waals surface area contributed by atoms with Gasteiger partial charge in [-0.2, -0.15) is 5.10 Å². The minimum absolute atomic E-state index is 0.0417. The molecule has 0 aliphatic carbocycles. The maximum atomic E-state index is 11.9. The van der Waals surface area contributed by atoms with Crippen LogP contribution < -0.4 is 5.56 Å². The lowest BCUT2D eigenvalue weighted by atomic mass is 10.3. The van der Waals surface area contributed by atoms with Crippen molar-refractivity contribution in [3.05, 3.63) is 81.4 Å². The molecule has 0 radical (unpaired) electrons. The summed E-state index contributed by atoms with van der Waals surface area (Å²) in [5.41, 5.74) is 1.94. The van der Waals surface area contributed by atoms with Gasteiger partial charge in [0, 0.05) is 18.0 Å². The van der Waals surface area contributed by atoms with Crippen LogP contribution in [0.1, 0.15) is 5.56 Å². The Morgan fingerprint density at radius 3 is 2.70 bits per heavy atom. The molecule has 0 atom stereocenters. The van der Waals surface area contributed by atoms with Crippen molar-refractivity contribution in [2.45, 2.75) is 6.54 Å². The molecule has 4 nitrogen and oxygen atoms in total. The Hall–Kier alpha value is -2.14. The highest BCUT2D eigenvalue weighted by atomic mass is 79.9. The highest BCUT2D eigenvalue weighted by Gasteiger charge is 2.04. The summed E-state index contributed by atoms with van der Waals surface area (Å²) in [6.07, 6.45) is 5.48. The summed E-state index contributed by atoms with van der Waals surface area (Å²) in [5, 5.41) is 4.32. The van der Waals surface area contributed by atoms with E-state index in [1.807, 2.05) is 42.6 Å². The lowest BCUT2D eigenvalue weighted by Gasteiger charge is -2.03. The average molecular weight is 330 g/mol. The number of halogens is 1. The molecule has 0 saturated heterocycles. The van der Waals surface area contributed by atoms with Crippen LogP contribution in [0.5, 0.6) is 0 Å². The maximum Gasteiger partial charge on any atom is 0.265 e. The first-order chi connectivity index (χ1) is 9.74. The molecule has 0 bridgehead atoms. The van der Waals surface area contributed by atoms with Gasteiger partial charge in [0.25, 0.3) is 5.56 Å². The second-order valence-electron chi connectivity index (χ2n) is 4.42. The van der Waals surface area contributed by atoms with Gasteiger partial charge in [0.2, 0.25) is 0 Å². The van der Waals surface area contributed by atoms with Gasteiger partial charge < -0.3 is 4.57 Å². The van der Waals surface area contributed by atoms with E-state index in [0.29, 0.717) is 11.0 Å². The summed E-state index contributed by atoms with van der Waals surface area (Å²) in [7, 11) is 0. The second kappa shape index (κ2) is 5.46. The summed E-state index contributed by atoms with van der Waals surface area (Å²) in [6.45, 7) is 0.505. The number of hydrogen-bond donors (Lipinski definition) is 0. The predicted octanol–water partition coefficient (Wildman–Crippen LogP) is 2.84. The highest BCUT2D eigenvalue weighted by Crippen LogP contribution is 2.09. The van der Waals surface area contributed by atoms with Gasteiger partial charge >= 0.3 is 0 Å². The van der Waals surface area contributed by atoms with E-state index in [1.54, 1.807) is 27.7 Å². The molecule has 2 heterocycles. The largest absolute Gasteiger partial charge is 0.310 e. The smallest absolute Gasteiger partial charge is 0.265 e. The third kappa shape index (κ3) is 2.58. The predicted molar refractivity (Wildman–Crippen MR) is 81.1 cm³/mol. The Balaban J connectivity index is 1.88. The Kier molecular flexibility index (Phi) is 3.52. The monoisotopic (exact) mass is 329 g/mol. The molecule has 0 saturated carbocycles. The van der Waals surface area contributed by atoms with E-state index in [9.17, 15) is 4.79 Å². The number of aromatic nitrogens is 3. The summed E-state index contributed by atoms with van der Waals surface area (Å²) >= 11 is 3.25. The van der Waals surface area contributed by atoms with Gasteiger partial charge in [-0.1, -0.05) is 18.2 Å². The first kappa shape index (κ1) is 12.9. The van der Waals surface area contributed by atoms with Crippen molar-refractivity contribution in [1.29, 1.82) is 0 Å². The van der Waals surface area contributed by atoms with Crippen LogP contribution in [0.4, 0.5) is 0 Å². The number of benzene rings is 1. The molecule has 1 aromatic carbocycles. The van der Waals surface area contributed by atoms with Gasteiger partial charge in [0.05, 0.1) is 22.9 Å². The first-order valence-electron chi connectivity index (χ1n) is 6.18. The van der Waals surface area contributed by atoms with E-state index < -0.39 is 0 Å². The van der Waals surface area contributed by atoms with E-state index in [-0.39, 0.29) is 5.56 Å². The van der Waals surface area contributed by atoms with Crippen LogP contribution in [-0.2, 0) is 6.54 Å². The molecular formula is C15H12BrN3O. The Morgan fingerprint density at radius 2 is 1.90 bits per heavy atom. The molecule has 20 heavy (non-hydrogen) atoms. The molecular weight excluding hydrogens is 318 g/mol. The molecule has 0 N–H and O–H groups in total. The SMILES string of the molecule is O=c1c(Br)cccn1Cc1cnn(-c2ccccc2)c1. The average Bonchev–Trinajstić information content (AvgIpc) is 2.93. The zero-order valence-corrected chi connectivity index (χ0v) is 12.2. The molecule has 0 unspecified atom stereocenters. The number of pyridine rings is 1. The van der Waals surface area contributed by atoms with E-state index in [2.05, 4.69) is 21.0 Å². The standard InChI is InChI=1S/C15H12BrN3O/c16-14-7-4-8-18(15(14)20)10-12-9-17-19(11-12)13-5-2-1-3-6-13/h1-9,11H,10H2. The van der Waals surface area contributed by atoms with Gasteiger partial charge in [-0.25, -0.2) is 4.68 Å². The van der Waals surface area contributed by atoms with E-state index >= 15 is 0 Å². The van der Waals surface area contributed by atoms with Crippen molar-refractivity contribution in [3.8, 4) is 5.69 Å². The molecule has 0 spiro atoms. The molecule has 2 aromatic heterocycles. The highest BCUT2D eigenvalue weighted by molar-refractivity contribution is 9.10. The van der Waals surface area contributed by atoms with Crippen molar-refractivity contribution in [1.82, 2.24) is 14.3 Å². The summed E-state index contributed by atoms with van der Waals surface area (Å²) in [4.78, 5) is 11.9. The van der Waals surface area contributed by atoms with Gasteiger partial charge in [0.15, 0.2) is 0 Å². The molecule has 0 amide bonds. The summed E-state index contributed by atoms with van der Waals surface area (Å²) in [5.74, 6) is 0. The third-order valence-corrected chi connectivity index (χ3v) is 3.59. The summed E-state index contributed by atoms with van der Waals surface area (Å²) in [6, 6.07) is 13.5. The fourth-order valence-electron chi connectivity index (χ4n) is 1.99. The van der Waals surface area contributed by atoms with Crippen molar-refractivity contribution < 1.29 is 0 Å². The Morgan fingerprint density at radius 1 is 1.10 bits per heavy atom. The van der Waals surface area contributed by atoms with Crippen molar-refractivity contribution in [2.75, 3.05) is 0 Å². The molecule has 0 aliphatic heterocycles. The minimum atomic E-state index is -0.0417. The topological polar surface area (TPSA) is 39.8 Å². The van der Waals surface area contributed by atoms with Gasteiger partial charge in [-0.15, -0.1) is 0 Å². The van der Waals surface area contributed by atoms with Crippen molar-refractivity contribution in [3.63, 3.8) is 0 Å². The maximum absolute atomic E-state index is 11.9. The molecule has 3 rings (SSSR count). The van der Waals surface area contributed by atoms with Crippen LogP contribution in [0.3, 0.4) is 0 Å². The van der Waals surface area contributed by atoms with Gasteiger partial charge in [0.1, 0.15) is 0 Å². The normalized spacial score (nSPS) is 10.7. The Labute approximate surface area is 124 Å². The van der Waals surface area contributed by atoms with Crippen molar-refractivity contribution in [2.24, 2.45) is 0 Å². The number of rotatable bonds is 3. The molecule has 5 heteroatoms. The van der Waals surface area contributed by atoms with E-state index in [0.717, 1.165) is 11.3 Å². The van der Waals surface area contributed by atoms with Crippen LogP contribution in [0.25, 0.3) is 5.69 Å². The zero-order valence-electron chi connectivity index (χ0n) is 10.6. The first-order valence-corrected chi connectivity index (χ1v) is 6.97. The quantitative estimate of drug-likeness (QED) is 0.741. The van der Waals surface area contributed by atoms with E-state index in [1.165, 1.54) is 0 Å². The van der Waals surface area contributed by atoms with Crippen LogP contribution in [-0.4, -0.2) is 14.3 Å². The lowest BCUT2D eigenvalue weighted by Crippen LogP contribution is -2.19. The third-order valence-electron chi connectivity index (χ3n) is 2.98. The Bertz CT molecular complexity index is 777. The number of hydrogen-bond acceptors (Lipinski definition) is 2. The number of para-hydroxylation sites is 1. The molecule has 0 aliphatic rings. The molecule has 3 aromatic rings. The molecule has 100 valence electrons. The molecule has 0 fully saturated rings. The van der Waals surface area contributed by atoms with Crippen LogP contribution >= 0.6 is 15.9 Å². The van der Waals surface area contributed by atoms with Crippen molar-refractivity contribution >= 4 is 15.9 Å². The van der Waals surface area contributed by atoms with Gasteiger partial charge in [-0.05, 0) is 40.2 Å².